The third-order valence-corrected chi connectivity index (χ3v) is 3.12. The van der Waals surface area contributed by atoms with E-state index < -0.39 is 0 Å². The third-order valence-electron chi connectivity index (χ3n) is 3.12. The minimum Gasteiger partial charge on any atom is -0.504 e. The van der Waals surface area contributed by atoms with Crippen molar-refractivity contribution in [2.45, 2.75) is 20.8 Å². The molecule has 1 aromatic heterocycles. The number of fused-ring (bicyclic) bond motifs is 1. The van der Waals surface area contributed by atoms with Crippen molar-refractivity contribution in [3.63, 3.8) is 0 Å². The van der Waals surface area contributed by atoms with Crippen LogP contribution in [-0.2, 0) is 0 Å². The summed E-state index contributed by atoms with van der Waals surface area (Å²) in [5.74, 6) is -0.917. The summed E-state index contributed by atoms with van der Waals surface area (Å²) in [4.78, 5) is 23.4. The van der Waals surface area contributed by atoms with Crippen molar-refractivity contribution in [1.82, 2.24) is 0 Å². The van der Waals surface area contributed by atoms with Gasteiger partial charge in [-0.1, -0.05) is 30.4 Å². The van der Waals surface area contributed by atoms with E-state index >= 15 is 0 Å². The molecule has 0 aliphatic carbocycles. The summed E-state index contributed by atoms with van der Waals surface area (Å²) >= 11 is 0. The lowest BCUT2D eigenvalue weighted by Crippen LogP contribution is -1.96. The number of ketones is 2. The largest absolute Gasteiger partial charge is 0.504 e. The molecule has 108 valence electrons. The van der Waals surface area contributed by atoms with Crippen molar-refractivity contribution in [3.8, 4) is 5.75 Å². The fraction of sp³-hybridized carbons (Fsp3) is 0.176. The Labute approximate surface area is 122 Å². The average Bonchev–Trinajstić information content (AvgIpc) is 2.76. The Kier molecular flexibility index (Phi) is 4.08. The van der Waals surface area contributed by atoms with Gasteiger partial charge < -0.3 is 9.52 Å². The average molecular weight is 284 g/mol. The van der Waals surface area contributed by atoms with Gasteiger partial charge in [0.2, 0.25) is 5.76 Å². The molecule has 1 aromatic carbocycles. The maximum atomic E-state index is 11.9. The van der Waals surface area contributed by atoms with Crippen LogP contribution in [-0.4, -0.2) is 16.7 Å². The first-order valence-electron chi connectivity index (χ1n) is 6.57. The first-order chi connectivity index (χ1) is 9.97. The number of hydrogen-bond donors (Lipinski definition) is 1. The molecule has 0 radical (unpaired) electrons. The van der Waals surface area contributed by atoms with Gasteiger partial charge in [-0.25, -0.2) is 0 Å². The number of rotatable bonds is 4. The van der Waals surface area contributed by atoms with Gasteiger partial charge in [-0.3, -0.25) is 9.59 Å². The first-order valence-corrected chi connectivity index (χ1v) is 6.57. The Morgan fingerprint density at radius 1 is 1.14 bits per heavy atom. The molecule has 0 amide bonds. The summed E-state index contributed by atoms with van der Waals surface area (Å²) in [5.41, 5.74) is 1.28. The zero-order valence-corrected chi connectivity index (χ0v) is 12.1. The van der Waals surface area contributed by atoms with E-state index in [4.69, 9.17) is 4.42 Å². The number of aromatic hydroxyl groups is 1. The summed E-state index contributed by atoms with van der Waals surface area (Å²) in [7, 11) is 0. The van der Waals surface area contributed by atoms with E-state index in [1.807, 2.05) is 25.2 Å². The Balaban J connectivity index is 2.77. The van der Waals surface area contributed by atoms with Crippen molar-refractivity contribution < 1.29 is 19.1 Å². The highest BCUT2D eigenvalue weighted by molar-refractivity contribution is 6.11. The van der Waals surface area contributed by atoms with Crippen LogP contribution in [0.25, 0.3) is 17.0 Å². The number of Topliss-reactive ketones (excluding diaryl/α,β-unsaturated/α-hetero) is 2. The number of allylic oxidation sites excluding steroid dienone is 3. The number of carbonyl (C=O) groups excluding carboxylic acids is 2. The molecule has 21 heavy (non-hydrogen) atoms. The Morgan fingerprint density at radius 3 is 2.43 bits per heavy atom. The van der Waals surface area contributed by atoms with Crippen molar-refractivity contribution in [2.24, 2.45) is 0 Å². The molecule has 0 spiro atoms. The van der Waals surface area contributed by atoms with Gasteiger partial charge >= 0.3 is 0 Å². The first kappa shape index (κ1) is 14.8. The van der Waals surface area contributed by atoms with Gasteiger partial charge in [0.05, 0.1) is 10.9 Å². The lowest BCUT2D eigenvalue weighted by atomic mass is 10.0. The minimum atomic E-state index is -0.385. The lowest BCUT2D eigenvalue weighted by Gasteiger charge is -2.02. The van der Waals surface area contributed by atoms with Crippen LogP contribution in [0, 0.1) is 0 Å². The monoisotopic (exact) mass is 284 g/mol. The molecular weight excluding hydrogens is 268 g/mol. The second-order valence-corrected chi connectivity index (χ2v) is 4.68. The number of furan rings is 1. The molecule has 0 atom stereocenters. The number of benzene rings is 1. The summed E-state index contributed by atoms with van der Waals surface area (Å²) in [5, 5.41) is 10.4. The zero-order chi connectivity index (χ0) is 15.6. The van der Waals surface area contributed by atoms with Crippen molar-refractivity contribution in [2.75, 3.05) is 0 Å². The van der Waals surface area contributed by atoms with Crippen LogP contribution < -0.4 is 0 Å². The van der Waals surface area contributed by atoms with Crippen LogP contribution in [0.5, 0.6) is 5.75 Å². The van der Waals surface area contributed by atoms with Crippen LogP contribution in [0.2, 0.25) is 0 Å². The quantitative estimate of drug-likeness (QED) is 0.677. The van der Waals surface area contributed by atoms with Crippen LogP contribution in [0.1, 0.15) is 47.2 Å². The SMILES string of the molecule is CC=CC=Cc1ccc2c(O)c(C(C)=O)oc2c1C(C)=O. The third kappa shape index (κ3) is 2.65. The minimum absolute atomic E-state index is 0.123. The van der Waals surface area contributed by atoms with E-state index in [1.165, 1.54) is 13.8 Å². The summed E-state index contributed by atoms with van der Waals surface area (Å²) < 4.78 is 5.43. The normalized spacial score (nSPS) is 11.8. The van der Waals surface area contributed by atoms with E-state index in [0.29, 0.717) is 16.5 Å². The van der Waals surface area contributed by atoms with Crippen LogP contribution >= 0.6 is 0 Å². The summed E-state index contributed by atoms with van der Waals surface area (Å²) in [6.45, 7) is 4.62. The molecule has 2 aromatic rings. The van der Waals surface area contributed by atoms with Gasteiger partial charge in [0.1, 0.15) is 5.58 Å². The molecule has 1 N–H and O–H groups in total. The van der Waals surface area contributed by atoms with Crippen LogP contribution in [0.4, 0.5) is 0 Å². The highest BCUT2D eigenvalue weighted by Gasteiger charge is 2.22. The smallest absolute Gasteiger partial charge is 0.212 e. The summed E-state index contributed by atoms with van der Waals surface area (Å²) in [6.07, 6.45) is 7.30. The van der Waals surface area contributed by atoms with Crippen molar-refractivity contribution >= 4 is 28.6 Å². The van der Waals surface area contributed by atoms with Crippen LogP contribution in [0.15, 0.2) is 34.8 Å². The molecular formula is C17H16O4. The van der Waals surface area contributed by atoms with E-state index in [2.05, 4.69) is 0 Å². The summed E-state index contributed by atoms with van der Waals surface area (Å²) in [6, 6.07) is 3.36. The molecule has 0 aliphatic heterocycles. The predicted octanol–water partition coefficient (Wildman–Crippen LogP) is 4.13. The molecule has 0 bridgehead atoms. The maximum absolute atomic E-state index is 11.9. The van der Waals surface area contributed by atoms with Crippen molar-refractivity contribution in [3.05, 3.63) is 47.2 Å². The molecule has 0 fully saturated rings. The second-order valence-electron chi connectivity index (χ2n) is 4.68. The Hall–Kier alpha value is -2.62. The van der Waals surface area contributed by atoms with E-state index in [1.54, 1.807) is 18.2 Å². The molecule has 4 nitrogen and oxygen atoms in total. The molecule has 1 heterocycles. The van der Waals surface area contributed by atoms with Gasteiger partial charge in [-0.2, -0.15) is 0 Å². The molecule has 4 heteroatoms. The highest BCUT2D eigenvalue weighted by Crippen LogP contribution is 2.36. The molecule has 0 saturated heterocycles. The van der Waals surface area contributed by atoms with Gasteiger partial charge in [-0.05, 0) is 25.5 Å². The Morgan fingerprint density at radius 2 is 1.86 bits per heavy atom. The van der Waals surface area contributed by atoms with Gasteiger partial charge in [0, 0.05) is 6.92 Å². The standard InChI is InChI=1S/C17H16O4/c1-4-5-6-7-12-8-9-13-15(20)16(11(3)19)21-17(13)14(12)10(2)18/h4-9,20H,1-3H3. The van der Waals surface area contributed by atoms with Crippen molar-refractivity contribution in [1.29, 1.82) is 0 Å². The fourth-order valence-electron chi connectivity index (χ4n) is 2.17. The topological polar surface area (TPSA) is 67.5 Å². The lowest BCUT2D eigenvalue weighted by molar-refractivity contribution is 0.0979. The molecule has 0 aliphatic rings. The van der Waals surface area contributed by atoms with E-state index in [0.717, 1.165) is 0 Å². The number of hydrogen-bond acceptors (Lipinski definition) is 4. The molecule has 2 rings (SSSR count). The second kappa shape index (κ2) is 5.79. The highest BCUT2D eigenvalue weighted by atomic mass is 16.4. The fourth-order valence-corrected chi connectivity index (χ4v) is 2.17. The molecule has 0 unspecified atom stereocenters. The maximum Gasteiger partial charge on any atom is 0.212 e. The van der Waals surface area contributed by atoms with Gasteiger partial charge in [-0.15, -0.1) is 0 Å². The number of carbonyl (C=O) groups is 2. The molecule has 0 saturated carbocycles. The Bertz CT molecular complexity index is 776. The van der Waals surface area contributed by atoms with E-state index in [9.17, 15) is 14.7 Å². The zero-order valence-electron chi connectivity index (χ0n) is 12.1. The van der Waals surface area contributed by atoms with E-state index in [-0.39, 0.29) is 28.7 Å². The van der Waals surface area contributed by atoms with Crippen LogP contribution in [0.3, 0.4) is 0 Å². The van der Waals surface area contributed by atoms with Gasteiger partial charge in [0.15, 0.2) is 17.3 Å². The van der Waals surface area contributed by atoms with Gasteiger partial charge in [0.25, 0.3) is 0 Å². The predicted molar refractivity (Wildman–Crippen MR) is 81.7 cm³/mol.